The Balaban J connectivity index is 1.91. The standard InChI is InChI=1S/C19H16ClNO4/c1-3-24-19(23)17-11(2)14-10-12(8-9-16(14)25-17)21-18(22)13-6-4-5-7-15(13)20/h4-10H,3H2,1-2H3,(H,21,22). The molecule has 6 heteroatoms. The van der Waals surface area contributed by atoms with E-state index >= 15 is 0 Å². The lowest BCUT2D eigenvalue weighted by molar-refractivity contribution is 0.0491. The summed E-state index contributed by atoms with van der Waals surface area (Å²) >= 11 is 6.05. The van der Waals surface area contributed by atoms with Gasteiger partial charge in [-0.3, -0.25) is 4.79 Å². The lowest BCUT2D eigenvalue weighted by Gasteiger charge is -2.06. The monoisotopic (exact) mass is 357 g/mol. The van der Waals surface area contributed by atoms with Crippen molar-refractivity contribution < 1.29 is 18.7 Å². The largest absolute Gasteiger partial charge is 0.460 e. The van der Waals surface area contributed by atoms with Crippen LogP contribution >= 0.6 is 11.6 Å². The highest BCUT2D eigenvalue weighted by Gasteiger charge is 2.19. The van der Waals surface area contributed by atoms with E-state index in [2.05, 4.69) is 5.32 Å². The molecule has 1 N–H and O–H groups in total. The number of benzene rings is 2. The Morgan fingerprint density at radius 3 is 2.68 bits per heavy atom. The van der Waals surface area contributed by atoms with Gasteiger partial charge < -0.3 is 14.5 Å². The molecule has 0 atom stereocenters. The van der Waals surface area contributed by atoms with E-state index in [4.69, 9.17) is 20.8 Å². The van der Waals surface area contributed by atoms with Gasteiger partial charge >= 0.3 is 5.97 Å². The molecule has 2 aromatic carbocycles. The Morgan fingerprint density at radius 2 is 1.96 bits per heavy atom. The van der Waals surface area contributed by atoms with Gasteiger partial charge in [-0.05, 0) is 44.2 Å². The second-order valence-corrected chi connectivity index (χ2v) is 5.83. The Morgan fingerprint density at radius 1 is 1.20 bits per heavy atom. The Labute approximate surface area is 149 Å². The number of carbonyl (C=O) groups excluding carboxylic acids is 2. The van der Waals surface area contributed by atoms with Gasteiger partial charge in [-0.25, -0.2) is 4.79 Å². The van der Waals surface area contributed by atoms with E-state index in [1.807, 2.05) is 0 Å². The average molecular weight is 358 g/mol. The van der Waals surface area contributed by atoms with Crippen molar-refractivity contribution in [2.45, 2.75) is 13.8 Å². The average Bonchev–Trinajstić information content (AvgIpc) is 2.92. The fourth-order valence-electron chi connectivity index (χ4n) is 2.53. The van der Waals surface area contributed by atoms with E-state index in [0.29, 0.717) is 27.4 Å². The smallest absolute Gasteiger partial charge is 0.374 e. The summed E-state index contributed by atoms with van der Waals surface area (Å²) in [7, 11) is 0. The Kier molecular flexibility index (Phi) is 4.76. The fraction of sp³-hybridized carbons (Fsp3) is 0.158. The number of furan rings is 1. The number of carbonyl (C=O) groups is 2. The minimum Gasteiger partial charge on any atom is -0.460 e. The molecule has 3 aromatic rings. The van der Waals surface area contributed by atoms with Crippen molar-refractivity contribution in [1.82, 2.24) is 0 Å². The molecule has 0 bridgehead atoms. The number of halogens is 1. The zero-order chi connectivity index (χ0) is 18.0. The van der Waals surface area contributed by atoms with Crippen LogP contribution in [0.4, 0.5) is 5.69 Å². The minimum atomic E-state index is -0.502. The van der Waals surface area contributed by atoms with Crippen LogP contribution < -0.4 is 5.32 Å². The number of esters is 1. The highest BCUT2D eigenvalue weighted by Crippen LogP contribution is 2.29. The zero-order valence-corrected chi connectivity index (χ0v) is 14.5. The van der Waals surface area contributed by atoms with Gasteiger partial charge in [0.2, 0.25) is 5.76 Å². The molecule has 0 unspecified atom stereocenters. The molecule has 0 spiro atoms. The summed E-state index contributed by atoms with van der Waals surface area (Å²) in [6, 6.07) is 12.0. The first-order valence-corrected chi connectivity index (χ1v) is 8.15. The number of nitrogens with one attached hydrogen (secondary N) is 1. The number of hydrogen-bond acceptors (Lipinski definition) is 4. The highest BCUT2D eigenvalue weighted by atomic mass is 35.5. The van der Waals surface area contributed by atoms with Crippen LogP contribution in [-0.2, 0) is 4.74 Å². The third-order valence-electron chi connectivity index (χ3n) is 3.77. The summed E-state index contributed by atoms with van der Waals surface area (Å²) in [6.07, 6.45) is 0. The van der Waals surface area contributed by atoms with Gasteiger partial charge in [-0.2, -0.15) is 0 Å². The molecular weight excluding hydrogens is 342 g/mol. The van der Waals surface area contributed by atoms with E-state index in [9.17, 15) is 9.59 Å². The number of ether oxygens (including phenoxy) is 1. The lowest BCUT2D eigenvalue weighted by Crippen LogP contribution is -2.12. The summed E-state index contributed by atoms with van der Waals surface area (Å²) in [5, 5.41) is 3.92. The predicted octanol–water partition coefficient (Wildman–Crippen LogP) is 4.82. The van der Waals surface area contributed by atoms with E-state index in [1.165, 1.54) is 0 Å². The first-order chi connectivity index (χ1) is 12.0. The van der Waals surface area contributed by atoms with Crippen LogP contribution in [-0.4, -0.2) is 18.5 Å². The molecule has 0 saturated heterocycles. The van der Waals surface area contributed by atoms with Gasteiger partial charge in [0.1, 0.15) is 5.58 Å². The minimum absolute atomic E-state index is 0.173. The van der Waals surface area contributed by atoms with Crippen molar-refractivity contribution >= 4 is 40.1 Å². The van der Waals surface area contributed by atoms with Crippen LogP contribution in [0.5, 0.6) is 0 Å². The summed E-state index contributed by atoms with van der Waals surface area (Å²) in [6.45, 7) is 3.78. The van der Waals surface area contributed by atoms with Crippen molar-refractivity contribution in [3.05, 3.63) is 64.4 Å². The number of aryl methyl sites for hydroxylation is 1. The van der Waals surface area contributed by atoms with Gasteiger partial charge in [0.05, 0.1) is 17.2 Å². The molecule has 5 nitrogen and oxygen atoms in total. The maximum Gasteiger partial charge on any atom is 0.374 e. The first kappa shape index (κ1) is 17.0. The van der Waals surface area contributed by atoms with Gasteiger partial charge in [-0.15, -0.1) is 0 Å². The van der Waals surface area contributed by atoms with Crippen molar-refractivity contribution in [2.75, 3.05) is 11.9 Å². The van der Waals surface area contributed by atoms with Gasteiger partial charge in [0.25, 0.3) is 5.91 Å². The maximum absolute atomic E-state index is 12.4. The van der Waals surface area contributed by atoms with Gasteiger partial charge in [0.15, 0.2) is 0 Å². The normalized spacial score (nSPS) is 10.7. The number of fused-ring (bicyclic) bond motifs is 1. The van der Waals surface area contributed by atoms with Crippen LogP contribution in [0.25, 0.3) is 11.0 Å². The van der Waals surface area contributed by atoms with Gasteiger partial charge in [0, 0.05) is 16.6 Å². The maximum atomic E-state index is 12.4. The molecule has 1 aromatic heterocycles. The Bertz CT molecular complexity index is 961. The summed E-state index contributed by atoms with van der Waals surface area (Å²) in [5.74, 6) is -0.638. The van der Waals surface area contributed by atoms with Crippen LogP contribution in [0.1, 0.15) is 33.4 Å². The fourth-order valence-corrected chi connectivity index (χ4v) is 2.76. The molecule has 128 valence electrons. The van der Waals surface area contributed by atoms with E-state index in [-0.39, 0.29) is 18.3 Å². The molecule has 1 amide bonds. The van der Waals surface area contributed by atoms with Crippen LogP contribution in [0.3, 0.4) is 0 Å². The molecular formula is C19H16ClNO4. The molecule has 0 aliphatic heterocycles. The summed E-state index contributed by atoms with van der Waals surface area (Å²) < 4.78 is 10.6. The third-order valence-corrected chi connectivity index (χ3v) is 4.10. The highest BCUT2D eigenvalue weighted by molar-refractivity contribution is 6.34. The van der Waals surface area contributed by atoms with Crippen molar-refractivity contribution in [3.63, 3.8) is 0 Å². The van der Waals surface area contributed by atoms with E-state index < -0.39 is 5.97 Å². The molecule has 3 rings (SSSR count). The molecule has 0 saturated carbocycles. The van der Waals surface area contributed by atoms with Crippen molar-refractivity contribution in [1.29, 1.82) is 0 Å². The molecule has 0 aliphatic rings. The van der Waals surface area contributed by atoms with Crippen molar-refractivity contribution in [3.8, 4) is 0 Å². The molecule has 0 fully saturated rings. The number of hydrogen-bond donors (Lipinski definition) is 1. The van der Waals surface area contributed by atoms with E-state index in [0.717, 1.165) is 5.39 Å². The van der Waals surface area contributed by atoms with Crippen LogP contribution in [0.15, 0.2) is 46.9 Å². The molecule has 0 aliphatic carbocycles. The topological polar surface area (TPSA) is 68.5 Å². The molecule has 25 heavy (non-hydrogen) atoms. The van der Waals surface area contributed by atoms with E-state index in [1.54, 1.807) is 56.3 Å². The zero-order valence-electron chi connectivity index (χ0n) is 13.8. The lowest BCUT2D eigenvalue weighted by atomic mass is 10.1. The molecule has 1 heterocycles. The summed E-state index contributed by atoms with van der Waals surface area (Å²) in [5.41, 5.74) is 2.19. The van der Waals surface area contributed by atoms with Crippen molar-refractivity contribution in [2.24, 2.45) is 0 Å². The third kappa shape index (κ3) is 3.37. The van der Waals surface area contributed by atoms with Crippen LogP contribution in [0.2, 0.25) is 5.02 Å². The second-order valence-electron chi connectivity index (χ2n) is 5.42. The first-order valence-electron chi connectivity index (χ1n) is 7.77. The number of amides is 1. The molecule has 0 radical (unpaired) electrons. The quantitative estimate of drug-likeness (QED) is 0.679. The van der Waals surface area contributed by atoms with Crippen LogP contribution in [0, 0.1) is 6.92 Å². The Hall–Kier alpha value is -2.79. The number of rotatable bonds is 4. The van der Waals surface area contributed by atoms with Gasteiger partial charge in [-0.1, -0.05) is 23.7 Å². The number of anilines is 1. The summed E-state index contributed by atoms with van der Waals surface area (Å²) in [4.78, 5) is 24.3. The second kappa shape index (κ2) is 6.99. The predicted molar refractivity (Wildman–Crippen MR) is 96.3 cm³/mol. The SMILES string of the molecule is CCOC(=O)c1oc2ccc(NC(=O)c3ccccc3Cl)cc2c1C.